The molecule has 3 aromatic rings. The van der Waals surface area contributed by atoms with Gasteiger partial charge in [-0.2, -0.15) is 0 Å². The number of hydrogen-bond donors (Lipinski definition) is 1. The number of aryl methyl sites for hydroxylation is 1. The summed E-state index contributed by atoms with van der Waals surface area (Å²) in [6, 6.07) is 8.37. The number of amides is 1. The minimum Gasteiger partial charge on any atom is -0.342 e. The summed E-state index contributed by atoms with van der Waals surface area (Å²) >= 11 is 5.95. The third-order valence-corrected chi connectivity index (χ3v) is 4.39. The third kappa shape index (κ3) is 4.86. The Hall–Kier alpha value is -2.40. The lowest BCUT2D eigenvalue weighted by Crippen LogP contribution is -2.20. The lowest BCUT2D eigenvalue weighted by atomic mass is 9.92. The molecule has 142 valence electrons. The van der Waals surface area contributed by atoms with E-state index in [1.165, 1.54) is 12.1 Å². The highest BCUT2D eigenvalue weighted by Gasteiger charge is 2.17. The van der Waals surface area contributed by atoms with Crippen molar-refractivity contribution < 1.29 is 9.18 Å². The van der Waals surface area contributed by atoms with Crippen molar-refractivity contribution in [3.05, 3.63) is 58.5 Å². The fourth-order valence-electron chi connectivity index (χ4n) is 3.03. The Morgan fingerprint density at radius 2 is 2.00 bits per heavy atom. The lowest BCUT2D eigenvalue weighted by molar-refractivity contribution is -0.117. The van der Waals surface area contributed by atoms with Crippen LogP contribution in [0.1, 0.15) is 38.3 Å². The summed E-state index contributed by atoms with van der Waals surface area (Å²) in [5.74, 6) is 0.168. The molecule has 0 unspecified atom stereocenters. The van der Waals surface area contributed by atoms with Crippen molar-refractivity contribution in [2.45, 2.75) is 40.7 Å². The molecule has 0 radical (unpaired) electrons. The molecule has 0 bridgehead atoms. The van der Waals surface area contributed by atoms with Crippen LogP contribution in [0.2, 0.25) is 5.02 Å². The number of aromatic nitrogens is 2. The van der Waals surface area contributed by atoms with Crippen molar-refractivity contribution in [1.29, 1.82) is 0 Å². The Balaban J connectivity index is 1.87. The van der Waals surface area contributed by atoms with E-state index in [0.717, 1.165) is 22.2 Å². The number of fused-ring (bicyclic) bond motifs is 1. The van der Waals surface area contributed by atoms with Crippen molar-refractivity contribution >= 4 is 34.4 Å². The van der Waals surface area contributed by atoms with Crippen molar-refractivity contribution in [2.75, 3.05) is 5.32 Å². The highest BCUT2D eigenvalue weighted by Crippen LogP contribution is 2.24. The van der Waals surface area contributed by atoms with E-state index < -0.39 is 0 Å². The number of nitrogens with zero attached hydrogens (tertiary/aromatic N) is 2. The van der Waals surface area contributed by atoms with E-state index in [9.17, 15) is 9.18 Å². The first-order valence-corrected chi connectivity index (χ1v) is 9.20. The van der Waals surface area contributed by atoms with E-state index >= 15 is 0 Å². The molecule has 3 rings (SSSR count). The van der Waals surface area contributed by atoms with Crippen LogP contribution in [0, 0.1) is 18.2 Å². The molecule has 0 spiro atoms. The third-order valence-electron chi connectivity index (χ3n) is 4.17. The number of carbonyl (C=O) groups excluding carboxylic acids is 1. The predicted molar refractivity (Wildman–Crippen MR) is 108 cm³/mol. The number of halogens is 2. The predicted octanol–water partition coefficient (Wildman–Crippen LogP) is 5.56. The molecule has 6 heteroatoms. The zero-order valence-corrected chi connectivity index (χ0v) is 16.7. The van der Waals surface area contributed by atoms with Gasteiger partial charge in [-0.05, 0) is 53.8 Å². The maximum atomic E-state index is 13.6. The van der Waals surface area contributed by atoms with Gasteiger partial charge in [0, 0.05) is 24.2 Å². The van der Waals surface area contributed by atoms with Gasteiger partial charge in [0.2, 0.25) is 5.91 Å². The molecule has 0 aliphatic rings. The minimum absolute atomic E-state index is 0.0497. The number of nitrogens with one attached hydrogen (secondary N) is 1. The Morgan fingerprint density at radius 1 is 1.26 bits per heavy atom. The highest BCUT2D eigenvalue weighted by molar-refractivity contribution is 6.30. The van der Waals surface area contributed by atoms with Gasteiger partial charge in [0.1, 0.15) is 11.6 Å². The molecule has 2 aromatic heterocycles. The summed E-state index contributed by atoms with van der Waals surface area (Å²) < 4.78 is 15.6. The molecule has 1 amide bonds. The molecule has 0 aliphatic heterocycles. The standard InChI is InChI=1S/C21H23ClFN3O/c1-13-7-18-17(24-20(13)25-19(27)11-21(2,3)4)5-6-26(18)12-14-8-15(22)10-16(23)9-14/h5-10H,11-12H2,1-4H3,(H,24,25,27). The molecule has 27 heavy (non-hydrogen) atoms. The molecule has 0 saturated carbocycles. The quantitative estimate of drug-likeness (QED) is 0.637. The second-order valence-electron chi connectivity index (χ2n) is 8.07. The maximum Gasteiger partial charge on any atom is 0.226 e. The zero-order chi connectivity index (χ0) is 19.8. The normalized spacial score (nSPS) is 11.8. The molecule has 1 N–H and O–H groups in total. The number of rotatable bonds is 4. The van der Waals surface area contributed by atoms with Crippen molar-refractivity contribution in [3.8, 4) is 0 Å². The molecular weight excluding hydrogens is 365 g/mol. The average molecular weight is 388 g/mol. The number of carbonyl (C=O) groups is 1. The number of pyridine rings is 1. The summed E-state index contributed by atoms with van der Waals surface area (Å²) in [4.78, 5) is 16.8. The number of benzene rings is 1. The number of hydrogen-bond acceptors (Lipinski definition) is 2. The smallest absolute Gasteiger partial charge is 0.226 e. The fraction of sp³-hybridized carbons (Fsp3) is 0.333. The highest BCUT2D eigenvalue weighted by atomic mass is 35.5. The largest absolute Gasteiger partial charge is 0.342 e. The molecule has 0 saturated heterocycles. The Labute approximate surface area is 163 Å². The summed E-state index contributed by atoms with van der Waals surface area (Å²) in [6.07, 6.45) is 2.32. The molecule has 0 fully saturated rings. The summed E-state index contributed by atoms with van der Waals surface area (Å²) in [6.45, 7) is 8.46. The van der Waals surface area contributed by atoms with E-state index in [1.807, 2.05) is 50.6 Å². The summed E-state index contributed by atoms with van der Waals surface area (Å²) in [7, 11) is 0. The SMILES string of the molecule is Cc1cc2c(ccn2Cc2cc(F)cc(Cl)c2)nc1NC(=O)CC(C)(C)C. The monoisotopic (exact) mass is 387 g/mol. The van der Waals surface area contributed by atoms with E-state index in [2.05, 4.69) is 10.3 Å². The second kappa shape index (κ2) is 7.31. The number of anilines is 1. The average Bonchev–Trinajstić information content (AvgIpc) is 2.86. The van der Waals surface area contributed by atoms with Gasteiger partial charge in [-0.3, -0.25) is 4.79 Å². The van der Waals surface area contributed by atoms with Crippen molar-refractivity contribution in [1.82, 2.24) is 9.55 Å². The molecule has 0 atom stereocenters. The van der Waals surface area contributed by atoms with Crippen LogP contribution < -0.4 is 5.32 Å². The van der Waals surface area contributed by atoms with E-state index in [0.29, 0.717) is 23.8 Å². The van der Waals surface area contributed by atoms with Crippen LogP contribution in [0.15, 0.2) is 36.5 Å². The first-order valence-electron chi connectivity index (χ1n) is 8.82. The van der Waals surface area contributed by atoms with Gasteiger partial charge in [-0.25, -0.2) is 9.37 Å². The first-order chi connectivity index (χ1) is 12.6. The van der Waals surface area contributed by atoms with E-state index in [4.69, 9.17) is 11.6 Å². The molecule has 1 aromatic carbocycles. The molecular formula is C21H23ClFN3O. The van der Waals surface area contributed by atoms with Gasteiger partial charge in [0.25, 0.3) is 0 Å². The topological polar surface area (TPSA) is 46.9 Å². The summed E-state index contributed by atoms with van der Waals surface area (Å²) in [5, 5.41) is 3.28. The zero-order valence-electron chi connectivity index (χ0n) is 15.9. The van der Waals surface area contributed by atoms with E-state index in [-0.39, 0.29) is 17.1 Å². The van der Waals surface area contributed by atoms with Crippen molar-refractivity contribution in [3.63, 3.8) is 0 Å². The Morgan fingerprint density at radius 3 is 2.67 bits per heavy atom. The van der Waals surface area contributed by atoms with Gasteiger partial charge in [-0.15, -0.1) is 0 Å². The van der Waals surface area contributed by atoms with Gasteiger partial charge in [-0.1, -0.05) is 32.4 Å². The van der Waals surface area contributed by atoms with Gasteiger partial charge < -0.3 is 9.88 Å². The van der Waals surface area contributed by atoms with Crippen LogP contribution in [0.25, 0.3) is 11.0 Å². The molecule has 0 aliphatic carbocycles. The summed E-state index contributed by atoms with van der Waals surface area (Å²) in [5.41, 5.74) is 3.26. The fourth-order valence-corrected chi connectivity index (χ4v) is 3.27. The second-order valence-corrected chi connectivity index (χ2v) is 8.50. The van der Waals surface area contributed by atoms with Gasteiger partial charge in [0.15, 0.2) is 0 Å². The van der Waals surface area contributed by atoms with Gasteiger partial charge in [0.05, 0.1) is 11.0 Å². The van der Waals surface area contributed by atoms with Crippen LogP contribution in [-0.2, 0) is 11.3 Å². The van der Waals surface area contributed by atoms with Crippen LogP contribution in [0.4, 0.5) is 10.2 Å². The first kappa shape index (κ1) is 19.4. The Bertz CT molecular complexity index is 984. The molecule has 2 heterocycles. The Kier molecular flexibility index (Phi) is 5.24. The molecule has 4 nitrogen and oxygen atoms in total. The van der Waals surface area contributed by atoms with Crippen LogP contribution in [0.5, 0.6) is 0 Å². The maximum absolute atomic E-state index is 13.6. The van der Waals surface area contributed by atoms with Crippen LogP contribution in [-0.4, -0.2) is 15.5 Å². The minimum atomic E-state index is -0.355. The van der Waals surface area contributed by atoms with Crippen LogP contribution >= 0.6 is 11.6 Å². The van der Waals surface area contributed by atoms with Gasteiger partial charge >= 0.3 is 0 Å². The lowest BCUT2D eigenvalue weighted by Gasteiger charge is -2.17. The van der Waals surface area contributed by atoms with E-state index in [1.54, 1.807) is 6.07 Å². The van der Waals surface area contributed by atoms with Crippen molar-refractivity contribution in [2.24, 2.45) is 5.41 Å². The van der Waals surface area contributed by atoms with Crippen LogP contribution in [0.3, 0.4) is 0 Å².